The van der Waals surface area contributed by atoms with Gasteiger partial charge in [0.15, 0.2) is 11.5 Å². The van der Waals surface area contributed by atoms with Crippen LogP contribution in [-0.2, 0) is 0 Å². The minimum Gasteiger partial charge on any atom is -0.507 e. The van der Waals surface area contributed by atoms with Crippen LogP contribution in [0.3, 0.4) is 0 Å². The lowest BCUT2D eigenvalue weighted by molar-refractivity contribution is 0.373. The number of rotatable bonds is 2. The fraction of sp³-hybridized carbons (Fsp3) is 0.143. The van der Waals surface area contributed by atoms with Crippen LogP contribution in [0.2, 0.25) is 0 Å². The molecule has 0 aliphatic rings. The largest absolute Gasteiger partial charge is 0.507 e. The molecule has 2 aromatic carbocycles. The summed E-state index contributed by atoms with van der Waals surface area (Å²) in [6.45, 7) is 1.94. The Hall–Kier alpha value is -2.16. The normalized spacial score (nSPS) is 10.2. The summed E-state index contributed by atoms with van der Waals surface area (Å²) in [7, 11) is 1.50. The van der Waals surface area contributed by atoms with Gasteiger partial charge in [0.1, 0.15) is 5.75 Å². The van der Waals surface area contributed by atoms with E-state index in [2.05, 4.69) is 6.07 Å². The van der Waals surface area contributed by atoms with Crippen LogP contribution in [0.25, 0.3) is 11.1 Å². The molecule has 0 unspecified atom stereocenters. The maximum atomic E-state index is 9.53. The molecule has 0 bridgehead atoms. The molecule has 0 heterocycles. The third kappa shape index (κ3) is 2.18. The van der Waals surface area contributed by atoms with E-state index in [1.54, 1.807) is 30.3 Å². The molecule has 2 rings (SSSR count). The average molecular weight is 229 g/mol. The second-order valence-corrected chi connectivity index (χ2v) is 3.80. The summed E-state index contributed by atoms with van der Waals surface area (Å²) >= 11 is 0. The Morgan fingerprint density at radius 3 is 2.65 bits per heavy atom. The van der Waals surface area contributed by atoms with Crippen molar-refractivity contribution in [1.82, 2.24) is 0 Å². The molecular weight excluding hydrogens is 216 g/mol. The molecule has 0 fully saturated rings. The van der Waals surface area contributed by atoms with Crippen molar-refractivity contribution in [2.75, 3.05) is 7.11 Å². The number of phenolic OH excluding ortho intramolecular Hbond substituents is 2. The SMILES string of the molecule is COc1cc(-c2cc(O)[c]cc2C)ccc1O. The maximum absolute atomic E-state index is 9.53. The van der Waals surface area contributed by atoms with Gasteiger partial charge in [-0.25, -0.2) is 0 Å². The second-order valence-electron chi connectivity index (χ2n) is 3.80. The Morgan fingerprint density at radius 2 is 1.94 bits per heavy atom. The van der Waals surface area contributed by atoms with Crippen LogP contribution in [0.5, 0.6) is 17.2 Å². The molecule has 0 spiro atoms. The first-order valence-corrected chi connectivity index (χ1v) is 5.20. The highest BCUT2D eigenvalue weighted by atomic mass is 16.5. The van der Waals surface area contributed by atoms with E-state index in [1.165, 1.54) is 7.11 Å². The molecule has 3 heteroatoms. The summed E-state index contributed by atoms with van der Waals surface area (Å²) in [5.41, 5.74) is 2.76. The van der Waals surface area contributed by atoms with Gasteiger partial charge in [-0.3, -0.25) is 0 Å². The van der Waals surface area contributed by atoms with Crippen molar-refractivity contribution in [3.8, 4) is 28.4 Å². The van der Waals surface area contributed by atoms with E-state index < -0.39 is 0 Å². The summed E-state index contributed by atoms with van der Waals surface area (Å²) in [5, 5.41) is 19.0. The van der Waals surface area contributed by atoms with Crippen molar-refractivity contribution in [3.05, 3.63) is 42.0 Å². The number of hydrogen-bond donors (Lipinski definition) is 2. The van der Waals surface area contributed by atoms with Gasteiger partial charge in [0, 0.05) is 6.07 Å². The zero-order valence-electron chi connectivity index (χ0n) is 9.69. The van der Waals surface area contributed by atoms with E-state index in [0.717, 1.165) is 16.7 Å². The molecule has 0 amide bonds. The molecule has 1 radical (unpaired) electrons. The lowest BCUT2D eigenvalue weighted by Gasteiger charge is -2.09. The van der Waals surface area contributed by atoms with E-state index >= 15 is 0 Å². The Balaban J connectivity index is 2.56. The summed E-state index contributed by atoms with van der Waals surface area (Å²) < 4.78 is 5.06. The van der Waals surface area contributed by atoms with Gasteiger partial charge in [-0.15, -0.1) is 0 Å². The van der Waals surface area contributed by atoms with Crippen molar-refractivity contribution < 1.29 is 14.9 Å². The van der Waals surface area contributed by atoms with Crippen molar-refractivity contribution in [1.29, 1.82) is 0 Å². The minimum absolute atomic E-state index is 0.0950. The minimum atomic E-state index is 0.0950. The molecule has 2 aromatic rings. The monoisotopic (exact) mass is 229 g/mol. The molecule has 0 aromatic heterocycles. The number of ether oxygens (including phenoxy) is 1. The third-order valence-electron chi connectivity index (χ3n) is 2.63. The van der Waals surface area contributed by atoms with E-state index in [1.807, 2.05) is 6.92 Å². The van der Waals surface area contributed by atoms with Gasteiger partial charge in [-0.05, 0) is 47.9 Å². The molecule has 0 aliphatic carbocycles. The predicted molar refractivity (Wildman–Crippen MR) is 65.3 cm³/mol. The second kappa shape index (κ2) is 4.37. The number of methoxy groups -OCH3 is 1. The molecule has 87 valence electrons. The first kappa shape index (κ1) is 11.3. The summed E-state index contributed by atoms with van der Waals surface area (Å²) in [4.78, 5) is 0. The Morgan fingerprint density at radius 1 is 1.18 bits per heavy atom. The number of hydrogen-bond acceptors (Lipinski definition) is 3. The van der Waals surface area contributed by atoms with E-state index in [0.29, 0.717) is 5.75 Å². The van der Waals surface area contributed by atoms with Crippen LogP contribution in [0.4, 0.5) is 0 Å². The van der Waals surface area contributed by atoms with Gasteiger partial charge in [0.25, 0.3) is 0 Å². The molecule has 17 heavy (non-hydrogen) atoms. The molecule has 0 saturated carbocycles. The highest BCUT2D eigenvalue weighted by molar-refractivity contribution is 5.71. The van der Waals surface area contributed by atoms with Crippen molar-refractivity contribution in [2.24, 2.45) is 0 Å². The lowest BCUT2D eigenvalue weighted by atomic mass is 10.00. The van der Waals surface area contributed by atoms with Gasteiger partial charge >= 0.3 is 0 Å². The molecular formula is C14H13O3. The van der Waals surface area contributed by atoms with Crippen LogP contribution >= 0.6 is 0 Å². The topological polar surface area (TPSA) is 49.7 Å². The Labute approximate surface area is 99.9 Å². The zero-order chi connectivity index (χ0) is 12.4. The van der Waals surface area contributed by atoms with Gasteiger partial charge in [-0.1, -0.05) is 6.07 Å². The van der Waals surface area contributed by atoms with Crippen molar-refractivity contribution >= 4 is 0 Å². The molecule has 0 aliphatic heterocycles. The number of phenols is 2. The van der Waals surface area contributed by atoms with Gasteiger partial charge in [0.05, 0.1) is 7.11 Å². The van der Waals surface area contributed by atoms with Crippen LogP contribution in [0.1, 0.15) is 5.56 Å². The summed E-state index contributed by atoms with van der Waals surface area (Å²) in [5.74, 6) is 0.604. The van der Waals surface area contributed by atoms with Crippen LogP contribution < -0.4 is 4.74 Å². The van der Waals surface area contributed by atoms with Gasteiger partial charge < -0.3 is 14.9 Å². The van der Waals surface area contributed by atoms with Crippen molar-refractivity contribution in [2.45, 2.75) is 6.92 Å². The van der Waals surface area contributed by atoms with Crippen molar-refractivity contribution in [3.63, 3.8) is 0 Å². The first-order chi connectivity index (χ1) is 8.11. The predicted octanol–water partition coefficient (Wildman–Crippen LogP) is 2.88. The highest BCUT2D eigenvalue weighted by Gasteiger charge is 2.07. The summed E-state index contributed by atoms with van der Waals surface area (Å²) in [6.07, 6.45) is 0. The lowest BCUT2D eigenvalue weighted by Crippen LogP contribution is -1.87. The third-order valence-corrected chi connectivity index (χ3v) is 2.63. The van der Waals surface area contributed by atoms with E-state index in [-0.39, 0.29) is 11.5 Å². The van der Waals surface area contributed by atoms with Crippen LogP contribution in [-0.4, -0.2) is 17.3 Å². The van der Waals surface area contributed by atoms with E-state index in [9.17, 15) is 10.2 Å². The fourth-order valence-electron chi connectivity index (χ4n) is 1.71. The molecule has 0 saturated heterocycles. The number of aryl methyl sites for hydroxylation is 1. The first-order valence-electron chi connectivity index (χ1n) is 5.20. The number of aromatic hydroxyl groups is 2. The van der Waals surface area contributed by atoms with Gasteiger partial charge in [0.2, 0.25) is 0 Å². The smallest absolute Gasteiger partial charge is 0.161 e. The number of benzene rings is 2. The average Bonchev–Trinajstić information content (AvgIpc) is 2.33. The summed E-state index contributed by atoms with van der Waals surface area (Å²) in [6, 6.07) is 11.2. The molecule has 3 nitrogen and oxygen atoms in total. The van der Waals surface area contributed by atoms with Crippen LogP contribution in [0.15, 0.2) is 30.3 Å². The maximum Gasteiger partial charge on any atom is 0.161 e. The van der Waals surface area contributed by atoms with Crippen LogP contribution in [0, 0.1) is 13.0 Å². The quantitative estimate of drug-likeness (QED) is 0.832. The Bertz CT molecular complexity index is 547. The van der Waals surface area contributed by atoms with Gasteiger partial charge in [-0.2, -0.15) is 0 Å². The highest BCUT2D eigenvalue weighted by Crippen LogP contribution is 2.33. The molecule has 2 N–H and O–H groups in total. The van der Waals surface area contributed by atoms with E-state index in [4.69, 9.17) is 4.74 Å². The Kier molecular flexibility index (Phi) is 2.91. The standard InChI is InChI=1S/C14H13O3/c1-9-3-5-11(15)8-12(9)10-4-6-13(16)14(7-10)17-2/h3-4,6-8,15-16H,1-2H3. The zero-order valence-corrected chi connectivity index (χ0v) is 9.69. The fourth-order valence-corrected chi connectivity index (χ4v) is 1.71. The molecule has 0 atom stereocenters.